The number of nitrogens with one attached hydrogen (secondary N) is 1. The Bertz CT molecular complexity index is 948. The van der Waals surface area contributed by atoms with Gasteiger partial charge in [-0.25, -0.2) is 4.79 Å². The molecule has 2 atom stereocenters. The number of rotatable bonds is 5. The maximum atomic E-state index is 12.7. The van der Waals surface area contributed by atoms with Crippen molar-refractivity contribution in [3.63, 3.8) is 0 Å². The van der Waals surface area contributed by atoms with Crippen molar-refractivity contribution in [2.45, 2.75) is 32.2 Å². The van der Waals surface area contributed by atoms with E-state index in [0.717, 1.165) is 42.7 Å². The zero-order valence-electron chi connectivity index (χ0n) is 18.0. The van der Waals surface area contributed by atoms with Crippen LogP contribution in [0, 0.1) is 5.92 Å². The summed E-state index contributed by atoms with van der Waals surface area (Å²) in [7, 11) is 2.15. The lowest BCUT2D eigenvalue weighted by molar-refractivity contribution is -0.141. The van der Waals surface area contributed by atoms with Gasteiger partial charge in [-0.2, -0.15) is 0 Å². The molecule has 2 amide bonds. The number of urea groups is 1. The highest BCUT2D eigenvalue weighted by atomic mass is 35.5. The third kappa shape index (κ3) is 5.02. The number of carboxylic acids is 1. The number of anilines is 1. The molecule has 2 aliphatic rings. The summed E-state index contributed by atoms with van der Waals surface area (Å²) in [5.41, 5.74) is 5.67. The maximum Gasteiger partial charge on any atom is 0.322 e. The minimum atomic E-state index is -0.787. The standard InChI is InChI=1S/C24H29N3O3.ClH/c1-16(23(28)29)13-17-3-5-19(6-4-17)22-15-25-24(30)27(22)21-8-7-18-9-11-26(2)12-10-20(18)14-21;/h3-8,14,16,22H,9-13,15H2,1-2H3,(H,25,30)(H,28,29);1H. The first-order chi connectivity index (χ1) is 14.4. The third-order valence-electron chi connectivity index (χ3n) is 6.30. The highest BCUT2D eigenvalue weighted by molar-refractivity contribution is 5.95. The molecular formula is C24H30ClN3O3. The molecule has 0 saturated carbocycles. The minimum absolute atomic E-state index is 0. The summed E-state index contributed by atoms with van der Waals surface area (Å²) in [6.45, 7) is 4.37. The Hall–Kier alpha value is -2.57. The van der Waals surface area contributed by atoms with Crippen LogP contribution in [0.3, 0.4) is 0 Å². The van der Waals surface area contributed by atoms with Crippen LogP contribution in [0.25, 0.3) is 0 Å². The molecule has 166 valence electrons. The van der Waals surface area contributed by atoms with Crippen molar-refractivity contribution < 1.29 is 14.7 Å². The van der Waals surface area contributed by atoms with Gasteiger partial charge in [0.2, 0.25) is 0 Å². The van der Waals surface area contributed by atoms with Crippen LogP contribution in [-0.2, 0) is 24.1 Å². The molecule has 2 unspecified atom stereocenters. The Balaban J connectivity index is 0.00000272. The molecule has 0 radical (unpaired) electrons. The summed E-state index contributed by atoms with van der Waals surface area (Å²) in [5, 5.41) is 12.1. The van der Waals surface area contributed by atoms with Gasteiger partial charge >= 0.3 is 12.0 Å². The van der Waals surface area contributed by atoms with E-state index in [9.17, 15) is 9.59 Å². The van der Waals surface area contributed by atoms with E-state index in [0.29, 0.717) is 13.0 Å². The predicted octanol–water partition coefficient (Wildman–Crippen LogP) is 3.67. The van der Waals surface area contributed by atoms with E-state index < -0.39 is 11.9 Å². The molecule has 2 heterocycles. The second-order valence-electron chi connectivity index (χ2n) is 8.51. The fourth-order valence-corrected chi connectivity index (χ4v) is 4.36. The van der Waals surface area contributed by atoms with Gasteiger partial charge in [0.25, 0.3) is 0 Å². The van der Waals surface area contributed by atoms with Gasteiger partial charge in [-0.15, -0.1) is 12.4 Å². The van der Waals surface area contributed by atoms with E-state index in [4.69, 9.17) is 5.11 Å². The molecule has 7 heteroatoms. The number of carbonyl (C=O) groups is 2. The van der Waals surface area contributed by atoms with Crippen LogP contribution < -0.4 is 10.2 Å². The van der Waals surface area contributed by atoms with Gasteiger partial charge < -0.3 is 15.3 Å². The second-order valence-corrected chi connectivity index (χ2v) is 8.51. The first-order valence-corrected chi connectivity index (χ1v) is 10.6. The largest absolute Gasteiger partial charge is 0.481 e. The molecular weight excluding hydrogens is 414 g/mol. The molecule has 0 aliphatic carbocycles. The van der Waals surface area contributed by atoms with Gasteiger partial charge in [0.1, 0.15) is 0 Å². The number of benzene rings is 2. The number of likely N-dealkylation sites (N-methyl/N-ethyl adjacent to an activating group) is 1. The highest BCUT2D eigenvalue weighted by Crippen LogP contribution is 2.33. The summed E-state index contributed by atoms with van der Waals surface area (Å²) in [5.74, 6) is -1.20. The predicted molar refractivity (Wildman–Crippen MR) is 124 cm³/mol. The zero-order valence-corrected chi connectivity index (χ0v) is 18.8. The van der Waals surface area contributed by atoms with Crippen molar-refractivity contribution >= 4 is 30.1 Å². The van der Waals surface area contributed by atoms with Gasteiger partial charge in [0.05, 0.1) is 12.0 Å². The molecule has 2 N–H and O–H groups in total. The Morgan fingerprint density at radius 3 is 2.48 bits per heavy atom. The molecule has 2 aromatic carbocycles. The average molecular weight is 444 g/mol. The van der Waals surface area contributed by atoms with Gasteiger partial charge in [-0.05, 0) is 60.7 Å². The molecule has 0 aromatic heterocycles. The number of amides is 2. The van der Waals surface area contributed by atoms with Crippen molar-refractivity contribution in [1.29, 1.82) is 0 Å². The van der Waals surface area contributed by atoms with Gasteiger partial charge in [-0.3, -0.25) is 9.69 Å². The Morgan fingerprint density at radius 2 is 1.81 bits per heavy atom. The quantitative estimate of drug-likeness (QED) is 0.739. The number of hydrogen-bond acceptors (Lipinski definition) is 3. The third-order valence-corrected chi connectivity index (χ3v) is 6.30. The van der Waals surface area contributed by atoms with Crippen LogP contribution in [0.4, 0.5) is 10.5 Å². The average Bonchev–Trinajstić information content (AvgIpc) is 3.02. The van der Waals surface area contributed by atoms with Crippen LogP contribution in [0.2, 0.25) is 0 Å². The lowest BCUT2D eigenvalue weighted by atomic mass is 9.97. The smallest absolute Gasteiger partial charge is 0.322 e. The fraction of sp³-hybridized carbons (Fsp3) is 0.417. The number of carboxylic acid groups (broad SMARTS) is 1. The Labute approximate surface area is 189 Å². The normalized spacial score (nSPS) is 19.7. The molecule has 6 nitrogen and oxygen atoms in total. The minimum Gasteiger partial charge on any atom is -0.481 e. The zero-order chi connectivity index (χ0) is 21.3. The van der Waals surface area contributed by atoms with Crippen molar-refractivity contribution in [1.82, 2.24) is 10.2 Å². The number of fused-ring (bicyclic) bond motifs is 1. The summed E-state index contributed by atoms with van der Waals surface area (Å²) >= 11 is 0. The van der Waals surface area contributed by atoms with E-state index >= 15 is 0 Å². The maximum absolute atomic E-state index is 12.7. The number of carbonyl (C=O) groups excluding carboxylic acids is 1. The van der Waals surface area contributed by atoms with Crippen LogP contribution in [0.1, 0.15) is 35.2 Å². The number of halogens is 1. The Kier molecular flexibility index (Phi) is 7.23. The first-order valence-electron chi connectivity index (χ1n) is 10.6. The molecule has 2 aromatic rings. The summed E-state index contributed by atoms with van der Waals surface area (Å²) < 4.78 is 0. The lowest BCUT2D eigenvalue weighted by Crippen LogP contribution is -2.29. The Morgan fingerprint density at radius 1 is 1.13 bits per heavy atom. The monoisotopic (exact) mass is 443 g/mol. The van der Waals surface area contributed by atoms with E-state index in [1.54, 1.807) is 6.92 Å². The van der Waals surface area contributed by atoms with Gasteiger partial charge in [0, 0.05) is 25.3 Å². The van der Waals surface area contributed by atoms with Crippen molar-refractivity contribution in [3.05, 3.63) is 64.7 Å². The topological polar surface area (TPSA) is 72.9 Å². The second kappa shape index (κ2) is 9.71. The molecule has 31 heavy (non-hydrogen) atoms. The molecule has 4 rings (SSSR count). The summed E-state index contributed by atoms with van der Waals surface area (Å²) in [4.78, 5) is 28.0. The van der Waals surface area contributed by atoms with E-state index in [1.807, 2.05) is 29.2 Å². The van der Waals surface area contributed by atoms with E-state index in [2.05, 4.69) is 35.5 Å². The van der Waals surface area contributed by atoms with Crippen LogP contribution >= 0.6 is 12.4 Å². The highest BCUT2D eigenvalue weighted by Gasteiger charge is 2.33. The summed E-state index contributed by atoms with van der Waals surface area (Å²) in [6, 6.07) is 14.2. The fourth-order valence-electron chi connectivity index (χ4n) is 4.36. The van der Waals surface area contributed by atoms with Crippen molar-refractivity contribution in [2.75, 3.05) is 31.6 Å². The van der Waals surface area contributed by atoms with Crippen LogP contribution in [-0.4, -0.2) is 48.7 Å². The number of hydrogen-bond donors (Lipinski definition) is 2. The van der Waals surface area contributed by atoms with Gasteiger partial charge in [-0.1, -0.05) is 37.3 Å². The van der Waals surface area contributed by atoms with Gasteiger partial charge in [0.15, 0.2) is 0 Å². The van der Waals surface area contributed by atoms with Crippen molar-refractivity contribution in [2.24, 2.45) is 5.92 Å². The van der Waals surface area contributed by atoms with E-state index in [-0.39, 0.29) is 24.5 Å². The molecule has 2 aliphatic heterocycles. The van der Waals surface area contributed by atoms with Crippen LogP contribution in [0.15, 0.2) is 42.5 Å². The lowest BCUT2D eigenvalue weighted by Gasteiger charge is -2.25. The van der Waals surface area contributed by atoms with Crippen molar-refractivity contribution in [3.8, 4) is 0 Å². The number of aliphatic carboxylic acids is 1. The SMILES string of the molecule is CC(Cc1ccc(C2CNC(=O)N2c2ccc3c(c2)CCN(C)CC3)cc1)C(=O)O.Cl. The molecule has 1 saturated heterocycles. The molecule has 1 fully saturated rings. The van der Waals surface area contributed by atoms with Crippen LogP contribution in [0.5, 0.6) is 0 Å². The first kappa shape index (κ1) is 23.1. The number of nitrogens with zero attached hydrogens (tertiary/aromatic N) is 2. The molecule has 0 spiro atoms. The summed E-state index contributed by atoms with van der Waals surface area (Å²) in [6.07, 6.45) is 2.54. The molecule has 0 bridgehead atoms. The van der Waals surface area contributed by atoms with E-state index in [1.165, 1.54) is 11.1 Å².